The van der Waals surface area contributed by atoms with Crippen LogP contribution in [-0.2, 0) is 6.42 Å². The van der Waals surface area contributed by atoms with Gasteiger partial charge < -0.3 is 5.32 Å². The van der Waals surface area contributed by atoms with Gasteiger partial charge in [0.1, 0.15) is 0 Å². The van der Waals surface area contributed by atoms with E-state index in [1.807, 2.05) is 0 Å². The molecule has 21 heavy (non-hydrogen) atoms. The van der Waals surface area contributed by atoms with Crippen LogP contribution in [0.1, 0.15) is 56.1 Å². The molecule has 1 heteroatoms. The molecule has 4 rings (SSSR count). The maximum atomic E-state index is 3.83. The molecule has 0 bridgehead atoms. The lowest BCUT2D eigenvalue weighted by Crippen LogP contribution is -2.34. The van der Waals surface area contributed by atoms with E-state index in [4.69, 9.17) is 0 Å². The van der Waals surface area contributed by atoms with Crippen molar-refractivity contribution in [1.29, 1.82) is 0 Å². The van der Waals surface area contributed by atoms with E-state index in [-0.39, 0.29) is 0 Å². The Morgan fingerprint density at radius 1 is 1.19 bits per heavy atom. The molecule has 0 heterocycles. The van der Waals surface area contributed by atoms with Crippen LogP contribution in [0.4, 0.5) is 0 Å². The summed E-state index contributed by atoms with van der Waals surface area (Å²) in [5, 5.41) is 3.83. The Morgan fingerprint density at radius 3 is 2.90 bits per heavy atom. The normalized spacial score (nSPS) is 31.9. The Hall–Kier alpha value is -1.08. The van der Waals surface area contributed by atoms with Gasteiger partial charge in [-0.3, -0.25) is 0 Å². The first-order chi connectivity index (χ1) is 10.4. The topological polar surface area (TPSA) is 12.0 Å². The number of fused-ring (bicyclic) bond motifs is 3. The molecule has 0 spiro atoms. The van der Waals surface area contributed by atoms with Gasteiger partial charge in [-0.1, -0.05) is 42.8 Å². The van der Waals surface area contributed by atoms with Crippen molar-refractivity contribution in [2.24, 2.45) is 11.8 Å². The number of benzene rings is 1. The summed E-state index contributed by atoms with van der Waals surface area (Å²) in [6.45, 7) is 3.36. The second kappa shape index (κ2) is 5.61. The van der Waals surface area contributed by atoms with Gasteiger partial charge in [-0.2, -0.15) is 0 Å². The zero-order chi connectivity index (χ0) is 14.2. The smallest absolute Gasteiger partial charge is 0.0316 e. The quantitative estimate of drug-likeness (QED) is 0.804. The van der Waals surface area contributed by atoms with Crippen LogP contribution >= 0.6 is 0 Å². The van der Waals surface area contributed by atoms with Crippen LogP contribution in [0.15, 0.2) is 35.9 Å². The highest BCUT2D eigenvalue weighted by atomic mass is 14.9. The van der Waals surface area contributed by atoms with E-state index in [1.54, 1.807) is 16.7 Å². The fourth-order valence-corrected chi connectivity index (χ4v) is 4.95. The third-order valence-electron chi connectivity index (χ3n) is 5.93. The highest BCUT2D eigenvalue weighted by Crippen LogP contribution is 2.62. The molecule has 112 valence electrons. The summed E-state index contributed by atoms with van der Waals surface area (Å²) < 4.78 is 0. The van der Waals surface area contributed by atoms with E-state index in [0.29, 0.717) is 6.04 Å². The van der Waals surface area contributed by atoms with E-state index in [1.165, 1.54) is 38.5 Å². The van der Waals surface area contributed by atoms with Crippen molar-refractivity contribution in [3.63, 3.8) is 0 Å². The van der Waals surface area contributed by atoms with Gasteiger partial charge in [0.15, 0.2) is 0 Å². The fourth-order valence-electron chi connectivity index (χ4n) is 4.95. The van der Waals surface area contributed by atoms with Crippen molar-refractivity contribution in [2.45, 2.75) is 57.4 Å². The van der Waals surface area contributed by atoms with Gasteiger partial charge in [0, 0.05) is 6.04 Å². The van der Waals surface area contributed by atoms with Crippen molar-refractivity contribution >= 4 is 0 Å². The van der Waals surface area contributed by atoms with Crippen LogP contribution in [0.2, 0.25) is 0 Å². The van der Waals surface area contributed by atoms with Crippen LogP contribution in [0.5, 0.6) is 0 Å². The van der Waals surface area contributed by atoms with E-state index in [9.17, 15) is 0 Å². The third-order valence-corrected chi connectivity index (χ3v) is 5.93. The number of hydrogen-bond acceptors (Lipinski definition) is 1. The van der Waals surface area contributed by atoms with Gasteiger partial charge in [0.2, 0.25) is 0 Å². The Balaban J connectivity index is 1.60. The van der Waals surface area contributed by atoms with Gasteiger partial charge >= 0.3 is 0 Å². The molecule has 1 aromatic rings. The molecule has 4 unspecified atom stereocenters. The lowest BCUT2D eigenvalue weighted by molar-refractivity contribution is 0.469. The molecule has 1 nitrogen and oxygen atoms in total. The maximum absolute atomic E-state index is 3.83. The molecule has 1 saturated carbocycles. The highest BCUT2D eigenvalue weighted by Gasteiger charge is 2.56. The van der Waals surface area contributed by atoms with E-state index < -0.39 is 0 Å². The van der Waals surface area contributed by atoms with Crippen LogP contribution in [0, 0.1) is 11.8 Å². The minimum Gasteiger partial charge on any atom is -0.310 e. The first kappa shape index (κ1) is 13.6. The molecule has 0 radical (unpaired) electrons. The number of aryl methyl sites for hydroxylation is 1. The molecule has 0 amide bonds. The summed E-state index contributed by atoms with van der Waals surface area (Å²) in [6, 6.07) is 9.84. The monoisotopic (exact) mass is 281 g/mol. The lowest BCUT2D eigenvalue weighted by atomic mass is 9.89. The van der Waals surface area contributed by atoms with Gasteiger partial charge in [0.05, 0.1) is 0 Å². The number of allylic oxidation sites excluding steroid dienone is 1. The summed E-state index contributed by atoms with van der Waals surface area (Å²) in [7, 11) is 0. The van der Waals surface area contributed by atoms with Crippen molar-refractivity contribution in [3.05, 3.63) is 47.0 Å². The zero-order valence-corrected chi connectivity index (χ0v) is 13.1. The molecular weight excluding hydrogens is 254 g/mol. The van der Waals surface area contributed by atoms with E-state index >= 15 is 0 Å². The molecule has 1 aromatic carbocycles. The van der Waals surface area contributed by atoms with E-state index in [2.05, 4.69) is 42.6 Å². The van der Waals surface area contributed by atoms with Gasteiger partial charge in [-0.05, 0) is 74.0 Å². The standard InChI is InChI=1S/C20H27N/c1-2-21-20(15-9-4-3-5-10-15)19-17-13-12-14-8-6-7-11-16(14)18(17)19/h6-9,11,17-21H,2-5,10,12-13H2,1H3. The predicted octanol–water partition coefficient (Wildman–Crippen LogP) is 4.44. The number of nitrogens with one attached hydrogen (secondary N) is 1. The average molecular weight is 281 g/mol. The van der Waals surface area contributed by atoms with Crippen molar-refractivity contribution in [1.82, 2.24) is 5.32 Å². The lowest BCUT2D eigenvalue weighted by Gasteiger charge is -2.25. The molecule has 1 fully saturated rings. The third kappa shape index (κ3) is 2.36. The SMILES string of the molecule is CCNC(C1=CCCCC1)C1C2CCc3ccccc3C21. The number of likely N-dealkylation sites (N-methyl/N-ethyl adjacent to an activating group) is 1. The van der Waals surface area contributed by atoms with Crippen LogP contribution in [0.3, 0.4) is 0 Å². The molecule has 3 aliphatic carbocycles. The molecule has 0 saturated heterocycles. The van der Waals surface area contributed by atoms with Crippen molar-refractivity contribution < 1.29 is 0 Å². The second-order valence-electron chi connectivity index (χ2n) is 7.06. The Morgan fingerprint density at radius 2 is 2.10 bits per heavy atom. The van der Waals surface area contributed by atoms with Gasteiger partial charge in [0.25, 0.3) is 0 Å². The van der Waals surface area contributed by atoms with Crippen LogP contribution in [-0.4, -0.2) is 12.6 Å². The fraction of sp³-hybridized carbons (Fsp3) is 0.600. The minimum atomic E-state index is 0.649. The van der Waals surface area contributed by atoms with Gasteiger partial charge in [-0.15, -0.1) is 0 Å². The molecule has 0 aliphatic heterocycles. The predicted molar refractivity (Wildman–Crippen MR) is 88.5 cm³/mol. The Kier molecular flexibility index (Phi) is 3.62. The first-order valence-electron chi connectivity index (χ1n) is 8.90. The Bertz CT molecular complexity index is 545. The molecule has 1 N–H and O–H groups in total. The van der Waals surface area contributed by atoms with Crippen molar-refractivity contribution in [2.75, 3.05) is 6.54 Å². The first-order valence-corrected chi connectivity index (χ1v) is 8.90. The number of rotatable bonds is 4. The summed E-state index contributed by atoms with van der Waals surface area (Å²) >= 11 is 0. The average Bonchev–Trinajstić information content (AvgIpc) is 3.28. The van der Waals surface area contributed by atoms with Crippen LogP contribution < -0.4 is 5.32 Å². The van der Waals surface area contributed by atoms with Crippen molar-refractivity contribution in [3.8, 4) is 0 Å². The summed E-state index contributed by atoms with van der Waals surface area (Å²) in [4.78, 5) is 0. The number of hydrogen-bond donors (Lipinski definition) is 1. The maximum Gasteiger partial charge on any atom is 0.0316 e. The summed E-state index contributed by atoms with van der Waals surface area (Å²) in [5.74, 6) is 2.63. The Labute approximate surface area is 128 Å². The summed E-state index contributed by atoms with van der Waals surface area (Å²) in [5.41, 5.74) is 5.01. The molecule has 3 aliphatic rings. The minimum absolute atomic E-state index is 0.649. The van der Waals surface area contributed by atoms with Gasteiger partial charge in [-0.25, -0.2) is 0 Å². The largest absolute Gasteiger partial charge is 0.310 e. The van der Waals surface area contributed by atoms with E-state index in [0.717, 1.165) is 24.3 Å². The molecule has 4 atom stereocenters. The molecular formula is C20H27N. The molecule has 0 aromatic heterocycles. The van der Waals surface area contributed by atoms with Crippen LogP contribution in [0.25, 0.3) is 0 Å². The summed E-state index contributed by atoms with van der Waals surface area (Å²) in [6.07, 6.45) is 10.7. The highest BCUT2D eigenvalue weighted by molar-refractivity contribution is 5.41. The zero-order valence-electron chi connectivity index (χ0n) is 13.1. The second-order valence-corrected chi connectivity index (χ2v) is 7.06.